The lowest BCUT2D eigenvalue weighted by Crippen LogP contribution is -2.36. The first-order valence-corrected chi connectivity index (χ1v) is 7.87. The Bertz CT molecular complexity index is 468. The molecule has 1 amide bonds. The SMILES string of the molecule is O=C(CCOc1ccccc1)N[C@H]1COC2(CCCC2)C1. The van der Waals surface area contributed by atoms with Crippen LogP contribution in [0.3, 0.4) is 0 Å². The first-order chi connectivity index (χ1) is 10.3. The van der Waals surface area contributed by atoms with Crippen LogP contribution in [0, 0.1) is 0 Å². The standard InChI is InChI=1S/C17H23NO3/c19-16(8-11-20-15-6-2-1-3-7-15)18-14-12-17(21-13-14)9-4-5-10-17/h1-3,6-7,14H,4-5,8-13H2,(H,18,19)/t14-/m1/s1. The number of rotatable bonds is 5. The van der Waals surface area contributed by atoms with E-state index in [1.54, 1.807) is 0 Å². The molecule has 0 bridgehead atoms. The zero-order chi connectivity index (χ0) is 14.5. The Balaban J connectivity index is 1.37. The Morgan fingerprint density at radius 3 is 2.81 bits per heavy atom. The molecule has 0 unspecified atom stereocenters. The Morgan fingerprint density at radius 1 is 1.29 bits per heavy atom. The largest absolute Gasteiger partial charge is 0.493 e. The van der Waals surface area contributed by atoms with Crippen LogP contribution in [-0.4, -0.2) is 30.8 Å². The van der Waals surface area contributed by atoms with Gasteiger partial charge in [-0.25, -0.2) is 0 Å². The van der Waals surface area contributed by atoms with Crippen molar-refractivity contribution in [1.29, 1.82) is 0 Å². The molecule has 1 atom stereocenters. The van der Waals surface area contributed by atoms with Crippen LogP contribution in [0.2, 0.25) is 0 Å². The molecule has 1 saturated heterocycles. The Kier molecular flexibility index (Phi) is 4.44. The highest BCUT2D eigenvalue weighted by molar-refractivity contribution is 5.76. The summed E-state index contributed by atoms with van der Waals surface area (Å²) in [5.74, 6) is 0.856. The van der Waals surface area contributed by atoms with E-state index < -0.39 is 0 Å². The van der Waals surface area contributed by atoms with Crippen LogP contribution in [0.4, 0.5) is 0 Å². The number of amides is 1. The van der Waals surface area contributed by atoms with Crippen LogP contribution in [0.25, 0.3) is 0 Å². The van der Waals surface area contributed by atoms with Gasteiger partial charge in [0.2, 0.25) is 5.91 Å². The van der Waals surface area contributed by atoms with Gasteiger partial charge in [0.15, 0.2) is 0 Å². The van der Waals surface area contributed by atoms with Crippen molar-refractivity contribution >= 4 is 5.91 Å². The molecular weight excluding hydrogens is 266 g/mol. The lowest BCUT2D eigenvalue weighted by Gasteiger charge is -2.21. The van der Waals surface area contributed by atoms with E-state index in [4.69, 9.17) is 9.47 Å². The number of para-hydroxylation sites is 1. The number of nitrogens with one attached hydrogen (secondary N) is 1. The Labute approximate surface area is 125 Å². The zero-order valence-corrected chi connectivity index (χ0v) is 12.3. The molecule has 4 nitrogen and oxygen atoms in total. The highest BCUT2D eigenvalue weighted by atomic mass is 16.5. The summed E-state index contributed by atoms with van der Waals surface area (Å²) in [4.78, 5) is 11.9. The van der Waals surface area contributed by atoms with E-state index in [9.17, 15) is 4.79 Å². The van der Waals surface area contributed by atoms with Gasteiger partial charge in [0.05, 0.1) is 31.3 Å². The van der Waals surface area contributed by atoms with Crippen molar-refractivity contribution < 1.29 is 14.3 Å². The molecule has 2 fully saturated rings. The molecular formula is C17H23NO3. The fraction of sp³-hybridized carbons (Fsp3) is 0.588. The van der Waals surface area contributed by atoms with Crippen LogP contribution in [0.5, 0.6) is 5.75 Å². The Hall–Kier alpha value is -1.55. The van der Waals surface area contributed by atoms with Gasteiger partial charge < -0.3 is 14.8 Å². The minimum absolute atomic E-state index is 0.0505. The summed E-state index contributed by atoms with van der Waals surface area (Å²) in [5, 5.41) is 3.07. The zero-order valence-electron chi connectivity index (χ0n) is 12.3. The van der Waals surface area contributed by atoms with Crippen LogP contribution < -0.4 is 10.1 Å². The van der Waals surface area contributed by atoms with E-state index >= 15 is 0 Å². The second kappa shape index (κ2) is 6.48. The molecule has 2 aliphatic rings. The van der Waals surface area contributed by atoms with Crippen molar-refractivity contribution in [3.8, 4) is 5.75 Å². The smallest absolute Gasteiger partial charge is 0.223 e. The van der Waals surface area contributed by atoms with Gasteiger partial charge in [-0.1, -0.05) is 31.0 Å². The van der Waals surface area contributed by atoms with Gasteiger partial charge in [-0.2, -0.15) is 0 Å². The van der Waals surface area contributed by atoms with E-state index in [1.807, 2.05) is 30.3 Å². The maximum absolute atomic E-state index is 11.9. The fourth-order valence-electron chi connectivity index (χ4n) is 3.38. The molecule has 0 radical (unpaired) electrons. The van der Waals surface area contributed by atoms with Crippen molar-refractivity contribution in [2.24, 2.45) is 0 Å². The summed E-state index contributed by atoms with van der Waals surface area (Å²) in [6.45, 7) is 1.07. The third-order valence-corrected chi connectivity index (χ3v) is 4.43. The number of hydrogen-bond acceptors (Lipinski definition) is 3. The van der Waals surface area contributed by atoms with Gasteiger partial charge in [0.25, 0.3) is 0 Å². The lowest BCUT2D eigenvalue weighted by atomic mass is 9.96. The van der Waals surface area contributed by atoms with Gasteiger partial charge in [0.1, 0.15) is 5.75 Å². The second-order valence-electron chi connectivity index (χ2n) is 6.08. The molecule has 1 saturated carbocycles. The third kappa shape index (κ3) is 3.76. The van der Waals surface area contributed by atoms with E-state index in [-0.39, 0.29) is 17.6 Å². The summed E-state index contributed by atoms with van der Waals surface area (Å²) >= 11 is 0. The molecule has 21 heavy (non-hydrogen) atoms. The number of benzene rings is 1. The predicted octanol–water partition coefficient (Wildman–Crippen LogP) is 2.67. The average molecular weight is 289 g/mol. The molecule has 114 valence electrons. The van der Waals surface area contributed by atoms with E-state index in [0.29, 0.717) is 19.6 Å². The second-order valence-corrected chi connectivity index (χ2v) is 6.08. The van der Waals surface area contributed by atoms with Crippen molar-refractivity contribution in [1.82, 2.24) is 5.32 Å². The summed E-state index contributed by atoms with van der Waals surface area (Å²) in [7, 11) is 0. The van der Waals surface area contributed by atoms with Crippen LogP contribution in [0.15, 0.2) is 30.3 Å². The lowest BCUT2D eigenvalue weighted by molar-refractivity contribution is -0.122. The summed E-state index contributed by atoms with van der Waals surface area (Å²) in [6, 6.07) is 9.75. The Morgan fingerprint density at radius 2 is 2.05 bits per heavy atom. The monoisotopic (exact) mass is 289 g/mol. The predicted molar refractivity (Wildman–Crippen MR) is 80.3 cm³/mol. The summed E-state index contributed by atoms with van der Waals surface area (Å²) < 4.78 is 11.5. The first-order valence-electron chi connectivity index (χ1n) is 7.87. The molecule has 1 N–H and O–H groups in total. The van der Waals surface area contributed by atoms with E-state index in [0.717, 1.165) is 25.0 Å². The van der Waals surface area contributed by atoms with Crippen LogP contribution >= 0.6 is 0 Å². The molecule has 1 heterocycles. The molecule has 0 aromatic heterocycles. The normalized spacial score (nSPS) is 23.3. The molecule has 3 rings (SSSR count). The highest BCUT2D eigenvalue weighted by Crippen LogP contribution is 2.40. The van der Waals surface area contributed by atoms with E-state index in [2.05, 4.69) is 5.32 Å². The number of hydrogen-bond donors (Lipinski definition) is 1. The third-order valence-electron chi connectivity index (χ3n) is 4.43. The minimum atomic E-state index is 0.0505. The first kappa shape index (κ1) is 14.4. The number of carbonyl (C=O) groups excluding carboxylic acids is 1. The van der Waals surface area contributed by atoms with Gasteiger partial charge in [-0.05, 0) is 31.4 Å². The molecule has 1 aromatic carbocycles. The number of ether oxygens (including phenoxy) is 2. The van der Waals surface area contributed by atoms with Gasteiger partial charge in [-0.3, -0.25) is 4.79 Å². The van der Waals surface area contributed by atoms with Crippen molar-refractivity contribution in [2.75, 3.05) is 13.2 Å². The quantitative estimate of drug-likeness (QED) is 0.906. The van der Waals surface area contributed by atoms with Crippen LogP contribution in [0.1, 0.15) is 38.5 Å². The molecule has 1 aliphatic carbocycles. The summed E-state index contributed by atoms with van der Waals surface area (Å²) in [6.07, 6.45) is 6.17. The van der Waals surface area contributed by atoms with Crippen molar-refractivity contribution in [2.45, 2.75) is 50.2 Å². The molecule has 1 spiro atoms. The summed E-state index contributed by atoms with van der Waals surface area (Å²) in [5.41, 5.74) is 0.0679. The van der Waals surface area contributed by atoms with Crippen molar-refractivity contribution in [3.05, 3.63) is 30.3 Å². The molecule has 1 aliphatic heterocycles. The minimum Gasteiger partial charge on any atom is -0.493 e. The van der Waals surface area contributed by atoms with E-state index in [1.165, 1.54) is 12.8 Å². The topological polar surface area (TPSA) is 47.6 Å². The van der Waals surface area contributed by atoms with Crippen LogP contribution in [-0.2, 0) is 9.53 Å². The maximum Gasteiger partial charge on any atom is 0.223 e. The van der Waals surface area contributed by atoms with Gasteiger partial charge in [0, 0.05) is 0 Å². The maximum atomic E-state index is 11.9. The number of carbonyl (C=O) groups is 1. The van der Waals surface area contributed by atoms with Crippen molar-refractivity contribution in [3.63, 3.8) is 0 Å². The van der Waals surface area contributed by atoms with Gasteiger partial charge >= 0.3 is 0 Å². The average Bonchev–Trinajstić information content (AvgIpc) is 3.11. The molecule has 1 aromatic rings. The molecule has 4 heteroatoms. The fourth-order valence-corrected chi connectivity index (χ4v) is 3.38. The highest BCUT2D eigenvalue weighted by Gasteiger charge is 2.42. The van der Waals surface area contributed by atoms with Gasteiger partial charge in [-0.15, -0.1) is 0 Å².